The monoisotopic (exact) mass is 525 g/mol. The van der Waals surface area contributed by atoms with E-state index in [4.69, 9.17) is 4.74 Å². The van der Waals surface area contributed by atoms with Gasteiger partial charge in [-0.25, -0.2) is 9.99 Å². The summed E-state index contributed by atoms with van der Waals surface area (Å²) in [6, 6.07) is 13.3. The summed E-state index contributed by atoms with van der Waals surface area (Å²) in [5, 5.41) is 23.5. The molecule has 3 aromatic rings. The zero-order valence-electron chi connectivity index (χ0n) is 16.9. The van der Waals surface area contributed by atoms with Gasteiger partial charge in [0.1, 0.15) is 11.8 Å². The van der Waals surface area contributed by atoms with Crippen LogP contribution in [0.5, 0.6) is 11.6 Å². The van der Waals surface area contributed by atoms with Gasteiger partial charge in [0.15, 0.2) is 0 Å². The Balaban J connectivity index is 1.67. The molecule has 0 aliphatic carbocycles. The number of aromatic nitrogens is 1. The maximum absolute atomic E-state index is 12.8. The van der Waals surface area contributed by atoms with Crippen LogP contribution in [0.1, 0.15) is 5.56 Å². The van der Waals surface area contributed by atoms with Gasteiger partial charge in [-0.05, 0) is 45.8 Å². The highest BCUT2D eigenvalue weighted by Crippen LogP contribution is 2.39. The minimum Gasteiger partial charge on any atom is -0.431 e. The van der Waals surface area contributed by atoms with Crippen molar-refractivity contribution in [3.05, 3.63) is 96.6 Å². The van der Waals surface area contributed by atoms with E-state index in [9.17, 15) is 29.8 Å². The Hall–Kier alpha value is -4.65. The van der Waals surface area contributed by atoms with Crippen molar-refractivity contribution in [2.45, 2.75) is 0 Å². The van der Waals surface area contributed by atoms with Crippen LogP contribution in [0.25, 0.3) is 6.08 Å². The van der Waals surface area contributed by atoms with Crippen LogP contribution >= 0.6 is 15.9 Å². The topological polar surface area (TPSA) is 158 Å². The molecule has 13 heteroatoms. The van der Waals surface area contributed by atoms with Gasteiger partial charge in [0.2, 0.25) is 11.6 Å². The zero-order chi connectivity index (χ0) is 24.4. The summed E-state index contributed by atoms with van der Waals surface area (Å²) >= 11 is 3.20. The van der Waals surface area contributed by atoms with Crippen molar-refractivity contribution < 1.29 is 24.2 Å². The van der Waals surface area contributed by atoms with Crippen LogP contribution in [0.2, 0.25) is 0 Å². The summed E-state index contributed by atoms with van der Waals surface area (Å²) in [7, 11) is 0. The lowest BCUT2D eigenvalue weighted by Gasteiger charge is -2.13. The smallest absolute Gasteiger partial charge is 0.313 e. The van der Waals surface area contributed by atoms with E-state index in [1.807, 2.05) is 0 Å². The summed E-state index contributed by atoms with van der Waals surface area (Å²) in [5.41, 5.74) is 2.13. The molecule has 1 saturated heterocycles. The second-order valence-corrected chi connectivity index (χ2v) is 7.65. The van der Waals surface area contributed by atoms with Gasteiger partial charge in [-0.15, -0.1) is 0 Å². The van der Waals surface area contributed by atoms with E-state index in [0.717, 1.165) is 23.3 Å². The molecule has 0 atom stereocenters. The lowest BCUT2D eigenvalue weighted by molar-refractivity contribution is -0.385. The molecule has 0 spiro atoms. The van der Waals surface area contributed by atoms with E-state index >= 15 is 0 Å². The SMILES string of the molecule is O=C1NN(c2ccccc2)C(=O)/C1=C\c1cc(Br)c(Oc2ccc([N+](=O)[O-])cn2)c([N+](=O)[O-])c1. The lowest BCUT2D eigenvalue weighted by Crippen LogP contribution is -2.35. The number of carbonyl (C=O) groups is 2. The van der Waals surface area contributed by atoms with Crippen LogP contribution in [0.4, 0.5) is 17.1 Å². The quantitative estimate of drug-likeness (QED) is 0.219. The van der Waals surface area contributed by atoms with Crippen molar-refractivity contribution in [2.24, 2.45) is 0 Å². The van der Waals surface area contributed by atoms with E-state index in [-0.39, 0.29) is 32.9 Å². The number of hydrogen-bond donors (Lipinski definition) is 1. The number of para-hydroxylation sites is 1. The first-order valence-electron chi connectivity index (χ1n) is 9.43. The molecule has 12 nitrogen and oxygen atoms in total. The van der Waals surface area contributed by atoms with Crippen LogP contribution in [0, 0.1) is 20.2 Å². The van der Waals surface area contributed by atoms with Gasteiger partial charge < -0.3 is 4.74 Å². The number of rotatable bonds is 6. The second kappa shape index (κ2) is 9.07. The number of nitro benzene ring substituents is 1. The first-order valence-corrected chi connectivity index (χ1v) is 10.2. The maximum Gasteiger partial charge on any atom is 0.313 e. The fourth-order valence-electron chi connectivity index (χ4n) is 3.05. The number of hydrazine groups is 1. The van der Waals surface area contributed by atoms with E-state index in [2.05, 4.69) is 26.3 Å². The Kier molecular flexibility index (Phi) is 6.01. The van der Waals surface area contributed by atoms with Gasteiger partial charge in [0.05, 0.1) is 20.0 Å². The average molecular weight is 526 g/mol. The molecular formula is C21H12BrN5O7. The number of amides is 2. The molecule has 2 amide bonds. The maximum atomic E-state index is 12.8. The fourth-order valence-corrected chi connectivity index (χ4v) is 3.60. The molecule has 0 bridgehead atoms. The number of nitrogens with zero attached hydrogens (tertiary/aromatic N) is 4. The van der Waals surface area contributed by atoms with Crippen molar-refractivity contribution >= 4 is 50.9 Å². The van der Waals surface area contributed by atoms with Crippen molar-refractivity contribution in [1.82, 2.24) is 10.4 Å². The molecule has 2 aromatic carbocycles. The number of pyridine rings is 1. The minimum atomic E-state index is -0.708. The zero-order valence-corrected chi connectivity index (χ0v) is 18.5. The molecule has 1 N–H and O–H groups in total. The Morgan fingerprint density at radius 1 is 1.03 bits per heavy atom. The van der Waals surface area contributed by atoms with Gasteiger partial charge >= 0.3 is 5.69 Å². The Morgan fingerprint density at radius 2 is 1.76 bits per heavy atom. The largest absolute Gasteiger partial charge is 0.431 e. The summed E-state index contributed by atoms with van der Waals surface area (Å²) in [4.78, 5) is 50.0. The van der Waals surface area contributed by atoms with E-state index in [1.54, 1.807) is 30.3 Å². The predicted octanol–water partition coefficient (Wildman–Crippen LogP) is 3.91. The van der Waals surface area contributed by atoms with Crippen molar-refractivity contribution in [3.8, 4) is 11.6 Å². The predicted molar refractivity (Wildman–Crippen MR) is 122 cm³/mol. The lowest BCUT2D eigenvalue weighted by atomic mass is 10.1. The fraction of sp³-hybridized carbons (Fsp3) is 0. The van der Waals surface area contributed by atoms with Crippen LogP contribution in [-0.4, -0.2) is 26.6 Å². The summed E-state index contributed by atoms with van der Waals surface area (Å²) in [6.45, 7) is 0. The number of carbonyl (C=O) groups excluding carboxylic acids is 2. The molecule has 1 aliphatic heterocycles. The van der Waals surface area contributed by atoms with Gasteiger partial charge in [-0.1, -0.05) is 18.2 Å². The first-order chi connectivity index (χ1) is 16.2. The molecule has 1 aliphatic rings. The molecule has 34 heavy (non-hydrogen) atoms. The van der Waals surface area contributed by atoms with Crippen LogP contribution in [0.3, 0.4) is 0 Å². The summed E-state index contributed by atoms with van der Waals surface area (Å²) in [6.07, 6.45) is 2.18. The Morgan fingerprint density at radius 3 is 2.38 bits per heavy atom. The number of nitrogens with one attached hydrogen (secondary N) is 1. The van der Waals surface area contributed by atoms with Gasteiger partial charge in [-0.2, -0.15) is 0 Å². The highest BCUT2D eigenvalue weighted by molar-refractivity contribution is 9.10. The van der Waals surface area contributed by atoms with Crippen LogP contribution < -0.4 is 15.2 Å². The van der Waals surface area contributed by atoms with E-state index in [0.29, 0.717) is 5.69 Å². The molecule has 1 aromatic heterocycles. The minimum absolute atomic E-state index is 0.107. The van der Waals surface area contributed by atoms with Gasteiger partial charge in [0, 0.05) is 18.2 Å². The molecular weight excluding hydrogens is 514 g/mol. The molecule has 2 heterocycles. The molecule has 4 rings (SSSR count). The number of nitro groups is 2. The highest BCUT2D eigenvalue weighted by atomic mass is 79.9. The third-order valence-corrected chi connectivity index (χ3v) is 5.19. The number of anilines is 1. The van der Waals surface area contributed by atoms with Gasteiger partial charge in [0.25, 0.3) is 17.5 Å². The van der Waals surface area contributed by atoms with Crippen molar-refractivity contribution in [3.63, 3.8) is 0 Å². The number of halogens is 1. The molecule has 170 valence electrons. The third kappa shape index (κ3) is 4.45. The normalized spacial score (nSPS) is 14.3. The second-order valence-electron chi connectivity index (χ2n) is 6.80. The molecule has 0 radical (unpaired) electrons. The Bertz CT molecular complexity index is 1360. The van der Waals surface area contributed by atoms with Crippen LogP contribution in [-0.2, 0) is 9.59 Å². The summed E-state index contributed by atoms with van der Waals surface area (Å²) < 4.78 is 5.62. The number of benzene rings is 2. The molecule has 0 unspecified atom stereocenters. The number of ether oxygens (including phenoxy) is 1. The van der Waals surface area contributed by atoms with Crippen molar-refractivity contribution in [2.75, 3.05) is 5.01 Å². The molecule has 1 fully saturated rings. The first kappa shape index (κ1) is 22.5. The summed E-state index contributed by atoms with van der Waals surface area (Å²) in [5.74, 6) is -1.60. The van der Waals surface area contributed by atoms with Gasteiger partial charge in [-0.3, -0.25) is 35.2 Å². The number of hydrogen-bond acceptors (Lipinski definition) is 8. The van der Waals surface area contributed by atoms with E-state index in [1.165, 1.54) is 18.2 Å². The molecule has 0 saturated carbocycles. The highest BCUT2D eigenvalue weighted by Gasteiger charge is 2.34. The van der Waals surface area contributed by atoms with E-state index < -0.39 is 27.3 Å². The average Bonchev–Trinajstić information content (AvgIpc) is 3.09. The van der Waals surface area contributed by atoms with Crippen LogP contribution in [0.15, 0.2) is 70.8 Å². The van der Waals surface area contributed by atoms with Crippen molar-refractivity contribution in [1.29, 1.82) is 0 Å². The third-order valence-electron chi connectivity index (χ3n) is 4.60. The Labute approximate surface area is 198 Å². The standard InChI is InChI=1S/C21H12BrN5O7/c22-16-9-12(8-15-20(28)24-25(21(15)29)13-4-2-1-3-5-13)10-17(27(32)33)19(16)34-18-7-6-14(11-23-18)26(30)31/h1-11H,(H,24,28)/b15-8-.